The molecule has 0 amide bonds. The fourth-order valence-corrected chi connectivity index (χ4v) is 2.70. The molecule has 7 heteroatoms. The van der Waals surface area contributed by atoms with Crippen molar-refractivity contribution in [3.05, 3.63) is 58.9 Å². The van der Waals surface area contributed by atoms with Gasteiger partial charge >= 0.3 is 5.97 Å². The van der Waals surface area contributed by atoms with E-state index in [0.717, 1.165) is 22.7 Å². The van der Waals surface area contributed by atoms with Crippen molar-refractivity contribution in [3.63, 3.8) is 0 Å². The fourth-order valence-electron chi connectivity index (χ4n) is 2.70. The molecule has 0 aliphatic heterocycles. The Kier molecular flexibility index (Phi) is 5.40. The van der Waals surface area contributed by atoms with Crippen LogP contribution in [0, 0.1) is 13.8 Å². The molecular formula is C20H21N3O4. The molecule has 0 saturated heterocycles. The summed E-state index contributed by atoms with van der Waals surface area (Å²) < 4.78 is 15.3. The number of hydrogen-bond donors (Lipinski definition) is 1. The van der Waals surface area contributed by atoms with Crippen LogP contribution in [0.3, 0.4) is 0 Å². The van der Waals surface area contributed by atoms with Gasteiger partial charge < -0.3 is 19.3 Å². The molecule has 2 heterocycles. The second kappa shape index (κ2) is 7.90. The van der Waals surface area contributed by atoms with Gasteiger partial charge in [0.15, 0.2) is 5.76 Å². The van der Waals surface area contributed by atoms with Crippen LogP contribution in [0.5, 0.6) is 5.75 Å². The maximum Gasteiger partial charge on any atom is 0.343 e. The van der Waals surface area contributed by atoms with Crippen LogP contribution in [0.1, 0.15) is 27.3 Å². The summed E-state index contributed by atoms with van der Waals surface area (Å²) in [4.78, 5) is 16.5. The molecule has 0 saturated carbocycles. The number of methoxy groups -OCH3 is 2. The second-order valence-electron chi connectivity index (χ2n) is 5.99. The van der Waals surface area contributed by atoms with Crippen molar-refractivity contribution >= 4 is 11.7 Å². The number of benzene rings is 1. The Labute approximate surface area is 157 Å². The van der Waals surface area contributed by atoms with Crippen LogP contribution in [-0.4, -0.2) is 30.3 Å². The minimum atomic E-state index is -0.495. The monoisotopic (exact) mass is 367 g/mol. The van der Waals surface area contributed by atoms with Crippen LogP contribution in [-0.2, 0) is 11.3 Å². The van der Waals surface area contributed by atoms with Gasteiger partial charge in [-0.25, -0.2) is 9.78 Å². The Hall–Kier alpha value is -3.35. The third-order valence-electron chi connectivity index (χ3n) is 4.21. The predicted octanol–water partition coefficient (Wildman–Crippen LogP) is 3.76. The van der Waals surface area contributed by atoms with Crippen LogP contribution in [0.4, 0.5) is 5.69 Å². The van der Waals surface area contributed by atoms with E-state index < -0.39 is 5.97 Å². The lowest BCUT2D eigenvalue weighted by atomic mass is 10.1. The molecule has 0 aliphatic rings. The maximum absolute atomic E-state index is 12.0. The van der Waals surface area contributed by atoms with Gasteiger partial charge in [0.1, 0.15) is 17.0 Å². The molecule has 0 fully saturated rings. The van der Waals surface area contributed by atoms with Gasteiger partial charge in [0.25, 0.3) is 0 Å². The molecule has 2 aromatic heterocycles. The number of esters is 1. The average molecular weight is 367 g/mol. The highest BCUT2D eigenvalue weighted by Gasteiger charge is 2.23. The van der Waals surface area contributed by atoms with Gasteiger partial charge in [0, 0.05) is 6.54 Å². The van der Waals surface area contributed by atoms with E-state index in [1.807, 2.05) is 37.3 Å². The van der Waals surface area contributed by atoms with Crippen molar-refractivity contribution in [1.29, 1.82) is 0 Å². The Morgan fingerprint density at radius 2 is 1.81 bits per heavy atom. The lowest BCUT2D eigenvalue weighted by molar-refractivity contribution is 0.0600. The van der Waals surface area contributed by atoms with Crippen LogP contribution in [0.2, 0.25) is 0 Å². The molecule has 0 aliphatic carbocycles. The van der Waals surface area contributed by atoms with Gasteiger partial charge in [-0.1, -0.05) is 17.3 Å². The third kappa shape index (κ3) is 3.92. The first kappa shape index (κ1) is 18.4. The van der Waals surface area contributed by atoms with Crippen molar-refractivity contribution in [2.45, 2.75) is 20.4 Å². The SMILES string of the molecule is COC(=O)c1c(C)noc1-c1ccc(NCc2ccc(OC)cc2)c(C)n1. The van der Waals surface area contributed by atoms with Crippen LogP contribution in [0.15, 0.2) is 40.9 Å². The summed E-state index contributed by atoms with van der Waals surface area (Å²) in [7, 11) is 2.97. The number of aromatic nitrogens is 2. The summed E-state index contributed by atoms with van der Waals surface area (Å²) in [6, 6.07) is 11.5. The van der Waals surface area contributed by atoms with Gasteiger partial charge in [0.2, 0.25) is 0 Å². The highest BCUT2D eigenvalue weighted by molar-refractivity contribution is 5.96. The van der Waals surface area contributed by atoms with E-state index in [2.05, 4.69) is 15.5 Å². The standard InChI is InChI=1S/C20H21N3O4/c1-12-16(21-11-14-5-7-15(25-3)8-6-14)9-10-17(22-12)19-18(20(24)26-4)13(2)23-27-19/h5-10,21H,11H2,1-4H3. The highest BCUT2D eigenvalue weighted by atomic mass is 16.5. The second-order valence-corrected chi connectivity index (χ2v) is 5.99. The van der Waals surface area contributed by atoms with E-state index >= 15 is 0 Å². The summed E-state index contributed by atoms with van der Waals surface area (Å²) >= 11 is 0. The number of nitrogens with zero attached hydrogens (tertiary/aromatic N) is 2. The van der Waals surface area contributed by atoms with Crippen molar-refractivity contribution in [1.82, 2.24) is 10.1 Å². The van der Waals surface area contributed by atoms with Crippen molar-refractivity contribution in [2.24, 2.45) is 0 Å². The number of carbonyl (C=O) groups excluding carboxylic acids is 1. The first-order chi connectivity index (χ1) is 13.0. The molecule has 3 rings (SSSR count). The minimum absolute atomic E-state index is 0.295. The topological polar surface area (TPSA) is 86.5 Å². The number of hydrogen-bond acceptors (Lipinski definition) is 7. The van der Waals surface area contributed by atoms with Crippen LogP contribution in [0.25, 0.3) is 11.5 Å². The number of pyridine rings is 1. The summed E-state index contributed by atoms with van der Waals surface area (Å²) in [5.74, 6) is 0.638. The average Bonchev–Trinajstić information content (AvgIpc) is 3.08. The molecule has 1 N–H and O–H groups in total. The predicted molar refractivity (Wildman–Crippen MR) is 101 cm³/mol. The zero-order valence-electron chi connectivity index (χ0n) is 15.7. The molecule has 0 spiro atoms. The maximum atomic E-state index is 12.0. The fraction of sp³-hybridized carbons (Fsp3) is 0.250. The number of rotatable bonds is 6. The first-order valence-electron chi connectivity index (χ1n) is 8.43. The molecule has 140 valence electrons. The molecule has 0 unspecified atom stereocenters. The Morgan fingerprint density at radius 1 is 1.07 bits per heavy atom. The summed E-state index contributed by atoms with van der Waals surface area (Å²) in [5.41, 5.74) is 4.10. The Morgan fingerprint density at radius 3 is 2.44 bits per heavy atom. The summed E-state index contributed by atoms with van der Waals surface area (Å²) in [6.07, 6.45) is 0. The molecule has 1 aromatic carbocycles. The van der Waals surface area contributed by atoms with Crippen molar-refractivity contribution < 1.29 is 18.8 Å². The van der Waals surface area contributed by atoms with E-state index in [4.69, 9.17) is 14.0 Å². The number of carbonyl (C=O) groups is 1. The smallest absolute Gasteiger partial charge is 0.343 e. The quantitative estimate of drug-likeness (QED) is 0.664. The van der Waals surface area contributed by atoms with Crippen LogP contribution >= 0.6 is 0 Å². The zero-order valence-corrected chi connectivity index (χ0v) is 15.7. The molecule has 3 aromatic rings. The van der Waals surface area contributed by atoms with Gasteiger partial charge in [0.05, 0.1) is 31.3 Å². The number of anilines is 1. The summed E-state index contributed by atoms with van der Waals surface area (Å²) in [5, 5.41) is 7.22. The summed E-state index contributed by atoms with van der Waals surface area (Å²) in [6.45, 7) is 4.23. The van der Waals surface area contributed by atoms with Gasteiger partial charge in [-0.05, 0) is 43.7 Å². The Bertz CT molecular complexity index is 948. The molecule has 0 atom stereocenters. The molecule has 0 bridgehead atoms. The molecule has 7 nitrogen and oxygen atoms in total. The lowest BCUT2D eigenvalue weighted by Crippen LogP contribution is -2.05. The van der Waals surface area contributed by atoms with Gasteiger partial charge in [-0.3, -0.25) is 0 Å². The molecular weight excluding hydrogens is 346 g/mol. The van der Waals surface area contributed by atoms with E-state index in [0.29, 0.717) is 29.3 Å². The largest absolute Gasteiger partial charge is 0.497 e. The van der Waals surface area contributed by atoms with Gasteiger partial charge in [-0.2, -0.15) is 0 Å². The third-order valence-corrected chi connectivity index (χ3v) is 4.21. The number of ether oxygens (including phenoxy) is 2. The van der Waals surface area contributed by atoms with E-state index in [9.17, 15) is 4.79 Å². The minimum Gasteiger partial charge on any atom is -0.497 e. The van der Waals surface area contributed by atoms with E-state index in [1.54, 1.807) is 20.1 Å². The molecule has 27 heavy (non-hydrogen) atoms. The van der Waals surface area contributed by atoms with Crippen molar-refractivity contribution in [3.8, 4) is 17.2 Å². The highest BCUT2D eigenvalue weighted by Crippen LogP contribution is 2.27. The van der Waals surface area contributed by atoms with E-state index in [-0.39, 0.29) is 0 Å². The normalized spacial score (nSPS) is 10.5. The zero-order chi connectivity index (χ0) is 19.4. The van der Waals surface area contributed by atoms with E-state index in [1.165, 1.54) is 7.11 Å². The first-order valence-corrected chi connectivity index (χ1v) is 8.43. The lowest BCUT2D eigenvalue weighted by Gasteiger charge is -2.10. The van der Waals surface area contributed by atoms with Crippen LogP contribution < -0.4 is 10.1 Å². The van der Waals surface area contributed by atoms with Crippen molar-refractivity contribution in [2.75, 3.05) is 19.5 Å². The molecule has 0 radical (unpaired) electrons. The number of nitrogens with one attached hydrogen (secondary N) is 1. The van der Waals surface area contributed by atoms with Gasteiger partial charge in [-0.15, -0.1) is 0 Å². The number of aryl methyl sites for hydroxylation is 2. The Balaban J connectivity index is 1.79.